The maximum atomic E-state index is 2.49. The van der Waals surface area contributed by atoms with E-state index in [2.05, 4.69) is 291 Å². The van der Waals surface area contributed by atoms with Crippen molar-refractivity contribution in [1.82, 2.24) is 0 Å². The molecule has 2 aliphatic carbocycles. The zero-order chi connectivity index (χ0) is 51.3. The van der Waals surface area contributed by atoms with E-state index in [1.165, 1.54) is 166 Å². The molecule has 0 aliphatic heterocycles. The summed E-state index contributed by atoms with van der Waals surface area (Å²) in [6.07, 6.45) is 0. The molecule has 0 fully saturated rings. The van der Waals surface area contributed by atoms with Gasteiger partial charge in [-0.2, -0.15) is 0 Å². The summed E-state index contributed by atoms with van der Waals surface area (Å²) in [5.74, 6) is 0. The van der Waals surface area contributed by atoms with Crippen LogP contribution in [0.2, 0.25) is 0 Å². The lowest BCUT2D eigenvalue weighted by Gasteiger charge is -2.25. The topological polar surface area (TPSA) is 0 Å². The van der Waals surface area contributed by atoms with E-state index in [1.54, 1.807) is 0 Å². The van der Waals surface area contributed by atoms with E-state index in [9.17, 15) is 0 Å². The monoisotopic (exact) mass is 984 g/mol. The molecular weight excluding hydrogens is 937 g/mol. The summed E-state index contributed by atoms with van der Waals surface area (Å²) in [4.78, 5) is 0. The molecule has 0 atom stereocenters. The Morgan fingerprint density at radius 3 is 0.667 bits per heavy atom. The second kappa shape index (κ2) is 17.7. The highest BCUT2D eigenvalue weighted by Crippen LogP contribution is 2.66. The fraction of sp³-hybridized carbons (Fsp3) is 0. The van der Waals surface area contributed by atoms with Gasteiger partial charge in [-0.1, -0.05) is 291 Å². The third kappa shape index (κ3) is 6.54. The van der Waals surface area contributed by atoms with Gasteiger partial charge in [-0.15, -0.1) is 0 Å². The van der Waals surface area contributed by atoms with Crippen molar-refractivity contribution < 1.29 is 0 Å². The van der Waals surface area contributed by atoms with Gasteiger partial charge < -0.3 is 0 Å². The Labute approximate surface area is 454 Å². The van der Waals surface area contributed by atoms with Gasteiger partial charge in [-0.05, 0) is 166 Å². The molecule has 0 aromatic heterocycles. The summed E-state index contributed by atoms with van der Waals surface area (Å²) in [6.45, 7) is 0. The molecule has 0 amide bonds. The van der Waals surface area contributed by atoms with E-state index in [0.29, 0.717) is 0 Å². The number of benzene rings is 14. The van der Waals surface area contributed by atoms with Crippen LogP contribution in [0.1, 0.15) is 0 Å². The molecule has 78 heavy (non-hydrogen) atoms. The Bertz CT molecular complexity index is 4410. The van der Waals surface area contributed by atoms with E-state index in [1.807, 2.05) is 0 Å². The van der Waals surface area contributed by atoms with Crippen molar-refractivity contribution in [3.8, 4) is 134 Å². The molecule has 0 nitrogen and oxygen atoms in total. The molecule has 14 aromatic rings. The van der Waals surface area contributed by atoms with Gasteiger partial charge in [0.15, 0.2) is 0 Å². The first-order chi connectivity index (χ1) is 38.8. The van der Waals surface area contributed by atoms with E-state index >= 15 is 0 Å². The SMILES string of the molecule is c1ccc(-c2ccccc2-c2c3c(c(-c4ccccc4-c4ccccc4)c4ccccc24)-c2ccc4c5c(ccc-3c25)-c2c-4c(-c3ccccc3)c3c(-c4ccccc4)ccc(-c4ccccc4)c3c2-c2ccccc2)cc1. The molecule has 0 saturated carbocycles. The molecule has 360 valence electrons. The fourth-order valence-corrected chi connectivity index (χ4v) is 13.7. The average molecular weight is 985 g/mol. The van der Waals surface area contributed by atoms with Crippen LogP contribution in [0.4, 0.5) is 0 Å². The largest absolute Gasteiger partial charge is 0.0622 e. The first kappa shape index (κ1) is 44.2. The lowest BCUT2D eigenvalue weighted by Crippen LogP contribution is -1.98. The summed E-state index contributed by atoms with van der Waals surface area (Å²) in [6, 6.07) is 108. The molecule has 14 aromatic carbocycles. The van der Waals surface area contributed by atoms with Crippen LogP contribution < -0.4 is 0 Å². The summed E-state index contributed by atoms with van der Waals surface area (Å²) < 4.78 is 0. The number of fused-ring (bicyclic) bond motifs is 8. The Kier molecular flexibility index (Phi) is 10.0. The van der Waals surface area contributed by atoms with Crippen molar-refractivity contribution in [2.45, 2.75) is 0 Å². The highest BCUT2D eigenvalue weighted by atomic mass is 14.4. The van der Waals surface area contributed by atoms with Gasteiger partial charge >= 0.3 is 0 Å². The third-order valence-electron chi connectivity index (χ3n) is 16.8. The number of hydrogen-bond donors (Lipinski definition) is 0. The molecule has 0 bridgehead atoms. The molecule has 0 heterocycles. The van der Waals surface area contributed by atoms with Crippen LogP contribution in [0, 0.1) is 0 Å². The summed E-state index contributed by atoms with van der Waals surface area (Å²) in [7, 11) is 0. The molecular formula is C78H48. The summed E-state index contributed by atoms with van der Waals surface area (Å²) >= 11 is 0. The van der Waals surface area contributed by atoms with Crippen LogP contribution in [0.25, 0.3) is 166 Å². The molecule has 0 spiro atoms. The number of rotatable bonds is 8. The van der Waals surface area contributed by atoms with Gasteiger partial charge in [0.05, 0.1) is 0 Å². The Morgan fingerprint density at radius 2 is 0.346 bits per heavy atom. The first-order valence-corrected chi connectivity index (χ1v) is 27.2. The van der Waals surface area contributed by atoms with Crippen LogP contribution in [0.15, 0.2) is 291 Å². The van der Waals surface area contributed by atoms with Gasteiger partial charge in [0.2, 0.25) is 0 Å². The predicted molar refractivity (Wildman–Crippen MR) is 331 cm³/mol. The van der Waals surface area contributed by atoms with Gasteiger partial charge in [0, 0.05) is 0 Å². The minimum absolute atomic E-state index is 1.20. The van der Waals surface area contributed by atoms with Crippen molar-refractivity contribution >= 4 is 32.3 Å². The van der Waals surface area contributed by atoms with Gasteiger partial charge in [0.25, 0.3) is 0 Å². The van der Waals surface area contributed by atoms with Crippen molar-refractivity contribution in [2.24, 2.45) is 0 Å². The standard InChI is InChI=1S/C78H48/c1-7-25-49(26-8-1)55-37-19-21-39-59(55)69-61-41-23-24-42-62(61)70(60-40-22-20-38-56(60)50-27-9-2-10-28-50)78-66-48-46-64-71-63(45-47-65(72(66)71)77(69)78)75-67(53-33-15-5-16-34-53)73-57(51-29-11-3-12-30-51)43-44-58(52-31-13-4-14-32-52)74(73)68(76(64)75)54-35-17-6-18-36-54/h1-48H. The van der Waals surface area contributed by atoms with E-state index in [0.717, 1.165) is 0 Å². The summed E-state index contributed by atoms with van der Waals surface area (Å²) in [5.41, 5.74) is 29.9. The van der Waals surface area contributed by atoms with Crippen molar-refractivity contribution in [1.29, 1.82) is 0 Å². The van der Waals surface area contributed by atoms with Crippen LogP contribution in [0.5, 0.6) is 0 Å². The molecule has 16 rings (SSSR count). The Balaban J connectivity index is 1.10. The van der Waals surface area contributed by atoms with Gasteiger partial charge in [-0.3, -0.25) is 0 Å². The maximum absolute atomic E-state index is 2.49. The van der Waals surface area contributed by atoms with Crippen molar-refractivity contribution in [3.05, 3.63) is 291 Å². The van der Waals surface area contributed by atoms with Crippen molar-refractivity contribution in [2.75, 3.05) is 0 Å². The summed E-state index contributed by atoms with van der Waals surface area (Å²) in [5, 5.41) is 7.65. The van der Waals surface area contributed by atoms with Crippen molar-refractivity contribution in [3.63, 3.8) is 0 Å². The van der Waals surface area contributed by atoms with E-state index in [4.69, 9.17) is 0 Å². The normalized spacial score (nSPS) is 11.8. The molecule has 0 unspecified atom stereocenters. The molecule has 0 saturated heterocycles. The average Bonchev–Trinajstić information content (AvgIpc) is 2.69. The smallest absolute Gasteiger partial charge is 0.000717 e. The zero-order valence-corrected chi connectivity index (χ0v) is 42.7. The van der Waals surface area contributed by atoms with E-state index < -0.39 is 0 Å². The predicted octanol–water partition coefficient (Wildman–Crippen LogP) is 21.8. The Hall–Kier alpha value is -10.1. The lowest BCUT2D eigenvalue weighted by molar-refractivity contribution is 1.58. The van der Waals surface area contributed by atoms with Crippen LogP contribution in [0.3, 0.4) is 0 Å². The molecule has 0 N–H and O–H groups in total. The first-order valence-electron chi connectivity index (χ1n) is 27.2. The lowest BCUT2D eigenvalue weighted by atomic mass is 9.78. The van der Waals surface area contributed by atoms with Crippen LogP contribution in [-0.4, -0.2) is 0 Å². The number of hydrogen-bond acceptors (Lipinski definition) is 0. The highest BCUT2D eigenvalue weighted by Gasteiger charge is 2.38. The van der Waals surface area contributed by atoms with Gasteiger partial charge in [0.1, 0.15) is 0 Å². The second-order valence-electron chi connectivity index (χ2n) is 20.8. The molecule has 0 heteroatoms. The maximum Gasteiger partial charge on any atom is -0.000717 e. The quantitative estimate of drug-likeness (QED) is 0.142. The molecule has 0 radical (unpaired) electrons. The minimum Gasteiger partial charge on any atom is -0.0622 e. The third-order valence-corrected chi connectivity index (χ3v) is 16.8. The second-order valence-corrected chi connectivity index (χ2v) is 20.8. The molecule has 2 aliphatic rings. The van der Waals surface area contributed by atoms with Gasteiger partial charge in [-0.25, -0.2) is 0 Å². The Morgan fingerprint density at radius 1 is 0.115 bits per heavy atom. The highest BCUT2D eigenvalue weighted by molar-refractivity contribution is 6.37. The fourth-order valence-electron chi connectivity index (χ4n) is 13.7. The van der Waals surface area contributed by atoms with Crippen LogP contribution in [-0.2, 0) is 0 Å². The van der Waals surface area contributed by atoms with E-state index in [-0.39, 0.29) is 0 Å². The zero-order valence-electron chi connectivity index (χ0n) is 42.7. The van der Waals surface area contributed by atoms with Crippen LogP contribution >= 0.6 is 0 Å². The minimum atomic E-state index is 1.20.